The van der Waals surface area contributed by atoms with Gasteiger partial charge in [-0.3, -0.25) is 0 Å². The molecule has 3 heterocycles. The predicted octanol–water partition coefficient (Wildman–Crippen LogP) is 4.49. The summed E-state index contributed by atoms with van der Waals surface area (Å²) >= 11 is 6.04. The Morgan fingerprint density at radius 3 is 2.84 bits per heavy atom. The molecule has 4 rings (SSSR count). The van der Waals surface area contributed by atoms with E-state index < -0.39 is 11.6 Å². The van der Waals surface area contributed by atoms with E-state index in [4.69, 9.17) is 11.6 Å². The fraction of sp³-hybridized carbons (Fsp3) is 0.111. The highest BCUT2D eigenvalue weighted by molar-refractivity contribution is 6.30. The summed E-state index contributed by atoms with van der Waals surface area (Å²) in [6.45, 7) is 2.32. The van der Waals surface area contributed by atoms with E-state index in [9.17, 15) is 8.78 Å². The highest BCUT2D eigenvalue weighted by atomic mass is 35.5. The average Bonchev–Trinajstić information content (AvgIpc) is 3.16. The molecule has 126 valence electrons. The summed E-state index contributed by atoms with van der Waals surface area (Å²) in [5.74, 6) is -0.677. The maximum atomic E-state index is 14.1. The first-order valence-electron chi connectivity index (χ1n) is 7.62. The second-order valence-corrected chi connectivity index (χ2v) is 6.16. The third-order valence-electron chi connectivity index (χ3n) is 4.12. The molecule has 4 aromatic rings. The second-order valence-electron chi connectivity index (χ2n) is 5.72. The maximum absolute atomic E-state index is 14.1. The van der Waals surface area contributed by atoms with Crippen LogP contribution in [0.1, 0.15) is 11.4 Å². The zero-order valence-corrected chi connectivity index (χ0v) is 14.0. The number of nitrogens with zero attached hydrogens (tertiary/aromatic N) is 4. The van der Waals surface area contributed by atoms with E-state index in [2.05, 4.69) is 9.97 Å². The average molecular weight is 359 g/mol. The molecule has 0 aliphatic rings. The van der Waals surface area contributed by atoms with E-state index in [1.165, 1.54) is 0 Å². The largest absolute Gasteiger partial charge is 0.325 e. The molecule has 0 atom stereocenters. The molecule has 0 radical (unpaired) electrons. The van der Waals surface area contributed by atoms with Crippen molar-refractivity contribution in [3.05, 3.63) is 77.0 Å². The van der Waals surface area contributed by atoms with E-state index in [1.54, 1.807) is 29.2 Å². The van der Waals surface area contributed by atoms with Crippen molar-refractivity contribution in [3.8, 4) is 11.4 Å². The second kappa shape index (κ2) is 5.97. The van der Waals surface area contributed by atoms with E-state index in [0.717, 1.165) is 35.2 Å². The van der Waals surface area contributed by atoms with Gasteiger partial charge in [0.2, 0.25) is 0 Å². The molecule has 0 fully saturated rings. The molecular formula is C18H13ClF2N4. The van der Waals surface area contributed by atoms with Gasteiger partial charge in [-0.25, -0.2) is 18.7 Å². The number of pyridine rings is 1. The van der Waals surface area contributed by atoms with Gasteiger partial charge in [-0.1, -0.05) is 11.6 Å². The number of rotatable bonds is 3. The Morgan fingerprint density at radius 1 is 1.16 bits per heavy atom. The SMILES string of the molecule is Cc1c(Cn2ccnc2-c2cc(F)ccc2F)nc2ccc(Cl)cn12. The van der Waals surface area contributed by atoms with Crippen LogP contribution in [0.5, 0.6) is 0 Å². The smallest absolute Gasteiger partial charge is 0.143 e. The van der Waals surface area contributed by atoms with Crippen LogP contribution >= 0.6 is 11.6 Å². The quantitative estimate of drug-likeness (QED) is 0.541. The van der Waals surface area contributed by atoms with Crippen LogP contribution in [-0.4, -0.2) is 18.9 Å². The molecule has 4 nitrogen and oxygen atoms in total. The first kappa shape index (κ1) is 15.8. The van der Waals surface area contributed by atoms with Crippen LogP contribution in [-0.2, 0) is 6.54 Å². The molecule has 0 saturated heterocycles. The minimum atomic E-state index is -0.521. The lowest BCUT2D eigenvalue weighted by atomic mass is 10.2. The summed E-state index contributed by atoms with van der Waals surface area (Å²) in [7, 11) is 0. The van der Waals surface area contributed by atoms with Crippen molar-refractivity contribution in [2.45, 2.75) is 13.5 Å². The van der Waals surface area contributed by atoms with Gasteiger partial charge in [-0.05, 0) is 37.3 Å². The van der Waals surface area contributed by atoms with Crippen molar-refractivity contribution in [1.29, 1.82) is 0 Å². The van der Waals surface area contributed by atoms with E-state index in [-0.39, 0.29) is 5.56 Å². The summed E-state index contributed by atoms with van der Waals surface area (Å²) in [6.07, 6.45) is 5.07. The summed E-state index contributed by atoms with van der Waals surface area (Å²) in [5, 5.41) is 0.615. The highest BCUT2D eigenvalue weighted by Crippen LogP contribution is 2.24. The van der Waals surface area contributed by atoms with Crippen LogP contribution in [0.15, 0.2) is 48.9 Å². The van der Waals surface area contributed by atoms with Crippen molar-refractivity contribution in [1.82, 2.24) is 18.9 Å². The van der Waals surface area contributed by atoms with Gasteiger partial charge in [0.1, 0.15) is 23.1 Å². The zero-order valence-electron chi connectivity index (χ0n) is 13.2. The first-order valence-corrected chi connectivity index (χ1v) is 8.00. The monoisotopic (exact) mass is 358 g/mol. The molecule has 0 saturated carbocycles. The fourth-order valence-electron chi connectivity index (χ4n) is 2.85. The standard InChI is InChI=1S/C18H13ClF2N4/c1-11-16(23-17-5-2-12(19)9-25(11)17)10-24-7-6-22-18(24)14-8-13(20)3-4-15(14)21/h2-9H,10H2,1H3. The Bertz CT molecular complexity index is 1080. The van der Waals surface area contributed by atoms with Gasteiger partial charge in [0.05, 0.1) is 22.8 Å². The van der Waals surface area contributed by atoms with Gasteiger partial charge >= 0.3 is 0 Å². The maximum Gasteiger partial charge on any atom is 0.143 e. The Labute approximate surface area is 147 Å². The Morgan fingerprint density at radius 2 is 2.00 bits per heavy atom. The van der Waals surface area contributed by atoms with Crippen LogP contribution in [0.4, 0.5) is 8.78 Å². The van der Waals surface area contributed by atoms with Gasteiger partial charge < -0.3 is 8.97 Å². The Hall–Kier alpha value is -2.73. The van der Waals surface area contributed by atoms with Gasteiger partial charge in [0.25, 0.3) is 0 Å². The number of hydrogen-bond acceptors (Lipinski definition) is 2. The summed E-state index contributed by atoms with van der Waals surface area (Å²) in [6, 6.07) is 6.94. The minimum Gasteiger partial charge on any atom is -0.325 e. The van der Waals surface area contributed by atoms with Crippen LogP contribution in [0.2, 0.25) is 5.02 Å². The van der Waals surface area contributed by atoms with E-state index >= 15 is 0 Å². The highest BCUT2D eigenvalue weighted by Gasteiger charge is 2.15. The molecular weight excluding hydrogens is 346 g/mol. The van der Waals surface area contributed by atoms with Gasteiger partial charge in [0.15, 0.2) is 0 Å². The molecule has 25 heavy (non-hydrogen) atoms. The normalized spacial score (nSPS) is 11.4. The lowest BCUT2D eigenvalue weighted by molar-refractivity contribution is 0.600. The number of fused-ring (bicyclic) bond motifs is 1. The van der Waals surface area contributed by atoms with Gasteiger partial charge in [-0.15, -0.1) is 0 Å². The third kappa shape index (κ3) is 2.78. The molecule has 0 aliphatic carbocycles. The Balaban J connectivity index is 1.77. The van der Waals surface area contributed by atoms with Crippen LogP contribution in [0.3, 0.4) is 0 Å². The van der Waals surface area contributed by atoms with Crippen molar-refractivity contribution >= 4 is 17.2 Å². The lowest BCUT2D eigenvalue weighted by Gasteiger charge is -2.08. The van der Waals surface area contributed by atoms with E-state index in [1.807, 2.05) is 17.4 Å². The number of benzene rings is 1. The number of halogens is 3. The molecule has 7 heteroatoms. The van der Waals surface area contributed by atoms with E-state index in [0.29, 0.717) is 17.4 Å². The summed E-state index contributed by atoms with van der Waals surface area (Å²) in [4.78, 5) is 8.77. The molecule has 0 N–H and O–H groups in total. The number of aromatic nitrogens is 4. The third-order valence-corrected chi connectivity index (χ3v) is 4.35. The van der Waals surface area contributed by atoms with Crippen LogP contribution in [0.25, 0.3) is 17.0 Å². The minimum absolute atomic E-state index is 0.120. The first-order chi connectivity index (χ1) is 12.0. The van der Waals surface area contributed by atoms with Gasteiger partial charge in [-0.2, -0.15) is 0 Å². The van der Waals surface area contributed by atoms with Gasteiger partial charge in [0, 0.05) is 24.3 Å². The van der Waals surface area contributed by atoms with Crippen LogP contribution in [0, 0.1) is 18.6 Å². The fourth-order valence-corrected chi connectivity index (χ4v) is 3.01. The van der Waals surface area contributed by atoms with Crippen molar-refractivity contribution in [2.24, 2.45) is 0 Å². The molecule has 0 aliphatic heterocycles. The number of hydrogen-bond donors (Lipinski definition) is 0. The number of imidazole rings is 2. The predicted molar refractivity (Wildman–Crippen MR) is 91.6 cm³/mol. The van der Waals surface area contributed by atoms with Crippen molar-refractivity contribution in [2.75, 3.05) is 0 Å². The molecule has 0 amide bonds. The molecule has 0 bridgehead atoms. The number of aryl methyl sites for hydroxylation is 1. The zero-order chi connectivity index (χ0) is 17.6. The Kier molecular flexibility index (Phi) is 3.77. The van der Waals surface area contributed by atoms with Crippen LogP contribution < -0.4 is 0 Å². The lowest BCUT2D eigenvalue weighted by Crippen LogP contribution is -2.04. The summed E-state index contributed by atoms with van der Waals surface area (Å²) in [5.41, 5.74) is 2.63. The van der Waals surface area contributed by atoms with Crippen molar-refractivity contribution in [3.63, 3.8) is 0 Å². The van der Waals surface area contributed by atoms with Crippen molar-refractivity contribution < 1.29 is 8.78 Å². The molecule has 0 unspecified atom stereocenters. The molecule has 1 aromatic carbocycles. The topological polar surface area (TPSA) is 35.1 Å². The molecule has 3 aromatic heterocycles. The summed E-state index contributed by atoms with van der Waals surface area (Å²) < 4.78 is 31.2. The molecule has 0 spiro atoms.